The highest BCUT2D eigenvalue weighted by molar-refractivity contribution is 5.61. The van der Waals surface area contributed by atoms with Crippen LogP contribution in [0.1, 0.15) is 12.8 Å². The van der Waals surface area contributed by atoms with E-state index in [0.29, 0.717) is 19.0 Å². The van der Waals surface area contributed by atoms with Crippen molar-refractivity contribution in [1.29, 1.82) is 0 Å². The van der Waals surface area contributed by atoms with Gasteiger partial charge in [0, 0.05) is 32.4 Å². The maximum atomic E-state index is 11.0. The lowest BCUT2D eigenvalue weighted by atomic mass is 10.1. The van der Waals surface area contributed by atoms with E-state index >= 15 is 0 Å². The number of nitrogen functional groups attached to an aromatic ring is 1. The maximum absolute atomic E-state index is 11.0. The zero-order chi connectivity index (χ0) is 13.1. The van der Waals surface area contributed by atoms with Crippen molar-refractivity contribution in [3.05, 3.63) is 22.2 Å². The summed E-state index contributed by atoms with van der Waals surface area (Å²) in [6.07, 6.45) is 1.67. The van der Waals surface area contributed by atoms with Crippen LogP contribution >= 0.6 is 0 Å². The Hall–Kier alpha value is -1.89. The Morgan fingerprint density at radius 3 is 2.78 bits per heavy atom. The van der Waals surface area contributed by atoms with Crippen molar-refractivity contribution < 1.29 is 9.66 Å². The molecule has 1 aliphatic rings. The topological polar surface area (TPSA) is 94.5 Å². The average molecular weight is 252 g/mol. The van der Waals surface area contributed by atoms with Crippen LogP contribution in [0.3, 0.4) is 0 Å². The van der Waals surface area contributed by atoms with Gasteiger partial charge in [-0.1, -0.05) is 0 Å². The van der Waals surface area contributed by atoms with Crippen LogP contribution in [0.2, 0.25) is 0 Å². The molecule has 18 heavy (non-hydrogen) atoms. The van der Waals surface area contributed by atoms with Crippen molar-refractivity contribution in [1.82, 2.24) is 4.98 Å². The quantitative estimate of drug-likeness (QED) is 0.641. The lowest BCUT2D eigenvalue weighted by Gasteiger charge is -2.31. The van der Waals surface area contributed by atoms with Gasteiger partial charge < -0.3 is 15.4 Å². The van der Waals surface area contributed by atoms with Gasteiger partial charge in [-0.05, 0) is 18.9 Å². The van der Waals surface area contributed by atoms with Crippen molar-refractivity contribution in [2.75, 3.05) is 30.9 Å². The van der Waals surface area contributed by atoms with Gasteiger partial charge in [-0.25, -0.2) is 4.98 Å². The highest BCUT2D eigenvalue weighted by Crippen LogP contribution is 2.29. The number of aromatic nitrogens is 1. The third-order valence-corrected chi connectivity index (χ3v) is 3.15. The van der Waals surface area contributed by atoms with E-state index < -0.39 is 4.92 Å². The number of pyridine rings is 1. The molecule has 1 aliphatic heterocycles. The molecule has 0 aromatic carbocycles. The van der Waals surface area contributed by atoms with Crippen molar-refractivity contribution in [3.63, 3.8) is 0 Å². The first-order valence-corrected chi connectivity index (χ1v) is 5.81. The fourth-order valence-electron chi connectivity index (χ4n) is 2.10. The molecule has 0 radical (unpaired) electrons. The van der Waals surface area contributed by atoms with E-state index in [1.165, 1.54) is 12.1 Å². The molecule has 2 N–H and O–H groups in total. The highest BCUT2D eigenvalue weighted by atomic mass is 16.6. The number of ether oxygens (including phenoxy) is 1. The summed E-state index contributed by atoms with van der Waals surface area (Å²) in [6.45, 7) is 1.34. The molecule has 0 spiro atoms. The number of nitrogens with two attached hydrogens (primary N) is 1. The van der Waals surface area contributed by atoms with Gasteiger partial charge >= 0.3 is 5.69 Å². The van der Waals surface area contributed by atoms with Gasteiger partial charge in [-0.2, -0.15) is 0 Å². The highest BCUT2D eigenvalue weighted by Gasteiger charge is 2.26. The Morgan fingerprint density at radius 1 is 1.50 bits per heavy atom. The monoisotopic (exact) mass is 252 g/mol. The molecule has 0 saturated carbocycles. The Morgan fingerprint density at radius 2 is 2.17 bits per heavy atom. The van der Waals surface area contributed by atoms with Crippen LogP contribution in [0.25, 0.3) is 0 Å². The molecule has 1 aromatic heterocycles. The van der Waals surface area contributed by atoms with E-state index in [1.54, 1.807) is 0 Å². The first-order valence-electron chi connectivity index (χ1n) is 5.81. The Labute approximate surface area is 105 Å². The zero-order valence-electron chi connectivity index (χ0n) is 10.2. The molecule has 2 heterocycles. The molecule has 98 valence electrons. The van der Waals surface area contributed by atoms with Crippen LogP contribution in [-0.2, 0) is 4.74 Å². The summed E-state index contributed by atoms with van der Waals surface area (Å²) in [5.41, 5.74) is 5.59. The van der Waals surface area contributed by atoms with E-state index in [2.05, 4.69) is 4.98 Å². The first kappa shape index (κ1) is 12.6. The largest absolute Gasteiger partial charge is 0.384 e. The minimum absolute atomic E-state index is 0.0156. The second-order valence-electron chi connectivity index (χ2n) is 4.29. The lowest BCUT2D eigenvalue weighted by Crippen LogP contribution is -2.37. The third kappa shape index (κ3) is 2.51. The third-order valence-electron chi connectivity index (χ3n) is 3.15. The second kappa shape index (κ2) is 5.18. The molecular formula is C11H16N4O3. The zero-order valence-corrected chi connectivity index (χ0v) is 10.2. The molecule has 1 aromatic rings. The normalized spacial score (nSPS) is 16.5. The van der Waals surface area contributed by atoms with E-state index in [1.807, 2.05) is 11.9 Å². The van der Waals surface area contributed by atoms with Crippen LogP contribution < -0.4 is 10.6 Å². The van der Waals surface area contributed by atoms with E-state index in [0.717, 1.165) is 12.8 Å². The van der Waals surface area contributed by atoms with Crippen molar-refractivity contribution in [2.45, 2.75) is 18.9 Å². The lowest BCUT2D eigenvalue weighted by molar-refractivity contribution is -0.384. The van der Waals surface area contributed by atoms with E-state index in [4.69, 9.17) is 10.5 Å². The molecule has 2 rings (SSSR count). The maximum Gasteiger partial charge on any atom is 0.311 e. The van der Waals surface area contributed by atoms with Crippen LogP contribution in [0, 0.1) is 10.1 Å². The minimum atomic E-state index is -0.433. The summed E-state index contributed by atoms with van der Waals surface area (Å²) >= 11 is 0. The van der Waals surface area contributed by atoms with Crippen LogP contribution in [0.4, 0.5) is 17.3 Å². The van der Waals surface area contributed by atoms with Crippen LogP contribution in [0.5, 0.6) is 0 Å². The molecular weight excluding hydrogens is 236 g/mol. The van der Waals surface area contributed by atoms with Crippen LogP contribution in [-0.4, -0.2) is 36.2 Å². The van der Waals surface area contributed by atoms with Crippen molar-refractivity contribution in [3.8, 4) is 0 Å². The average Bonchev–Trinajstić information content (AvgIpc) is 2.38. The molecule has 0 atom stereocenters. The smallest absolute Gasteiger partial charge is 0.311 e. The molecule has 7 heteroatoms. The fourth-order valence-corrected chi connectivity index (χ4v) is 2.10. The van der Waals surface area contributed by atoms with E-state index in [-0.39, 0.29) is 17.5 Å². The number of rotatable bonds is 3. The number of nitro groups is 1. The summed E-state index contributed by atoms with van der Waals surface area (Å²) in [7, 11) is 1.81. The Kier molecular flexibility index (Phi) is 3.61. The predicted molar refractivity (Wildman–Crippen MR) is 67.5 cm³/mol. The molecule has 0 amide bonds. The minimum Gasteiger partial charge on any atom is -0.384 e. The summed E-state index contributed by atoms with van der Waals surface area (Å²) in [4.78, 5) is 16.5. The molecule has 0 bridgehead atoms. The fraction of sp³-hybridized carbons (Fsp3) is 0.545. The Bertz CT molecular complexity index is 446. The van der Waals surface area contributed by atoms with Gasteiger partial charge in [0.05, 0.1) is 4.92 Å². The van der Waals surface area contributed by atoms with Crippen molar-refractivity contribution in [2.24, 2.45) is 0 Å². The molecule has 0 unspecified atom stereocenters. The number of hydrogen-bond donors (Lipinski definition) is 1. The van der Waals surface area contributed by atoms with Crippen molar-refractivity contribution >= 4 is 17.3 Å². The SMILES string of the molecule is CN(c1nc(N)ccc1[N+](=O)[O-])C1CCOCC1. The number of hydrogen-bond acceptors (Lipinski definition) is 6. The number of anilines is 2. The van der Waals surface area contributed by atoms with E-state index in [9.17, 15) is 10.1 Å². The van der Waals surface area contributed by atoms with Gasteiger partial charge in [-0.3, -0.25) is 10.1 Å². The van der Waals surface area contributed by atoms with Gasteiger partial charge in [0.2, 0.25) is 5.82 Å². The molecule has 1 saturated heterocycles. The molecule has 1 fully saturated rings. The standard InChI is InChI=1S/C11H16N4O3/c1-14(8-4-6-18-7-5-8)11-9(15(16)17)2-3-10(12)13-11/h2-3,8H,4-7H2,1H3,(H2,12,13). The Balaban J connectivity index is 2.30. The first-order chi connectivity index (χ1) is 8.59. The summed E-state index contributed by atoms with van der Waals surface area (Å²) in [6, 6.07) is 3.04. The van der Waals surface area contributed by atoms with Crippen LogP contribution in [0.15, 0.2) is 12.1 Å². The second-order valence-corrected chi connectivity index (χ2v) is 4.29. The van der Waals surface area contributed by atoms with Gasteiger partial charge in [-0.15, -0.1) is 0 Å². The van der Waals surface area contributed by atoms with Gasteiger partial charge in [0.1, 0.15) is 5.82 Å². The number of nitrogens with zero attached hydrogens (tertiary/aromatic N) is 3. The molecule has 7 nitrogen and oxygen atoms in total. The summed E-state index contributed by atoms with van der Waals surface area (Å²) < 4.78 is 5.28. The summed E-state index contributed by atoms with van der Waals surface area (Å²) in [5.74, 6) is 0.612. The van der Waals surface area contributed by atoms with Gasteiger partial charge in [0.25, 0.3) is 0 Å². The van der Waals surface area contributed by atoms with Gasteiger partial charge in [0.15, 0.2) is 0 Å². The molecule has 0 aliphatic carbocycles. The predicted octanol–water partition coefficient (Wildman–Crippen LogP) is 1.19. The summed E-state index contributed by atoms with van der Waals surface area (Å²) in [5, 5.41) is 11.0.